The van der Waals surface area contributed by atoms with E-state index in [9.17, 15) is 17.8 Å². The van der Waals surface area contributed by atoms with E-state index < -0.39 is 10.1 Å². The van der Waals surface area contributed by atoms with Crippen LogP contribution in [0.3, 0.4) is 0 Å². The lowest BCUT2D eigenvalue weighted by Gasteiger charge is -2.30. The predicted octanol–water partition coefficient (Wildman–Crippen LogP) is 4.14. The van der Waals surface area contributed by atoms with Crippen LogP contribution in [0.15, 0.2) is 59.5 Å². The molecule has 0 N–H and O–H groups in total. The molecule has 0 heterocycles. The van der Waals surface area contributed by atoms with Gasteiger partial charge >= 0.3 is 5.97 Å². The van der Waals surface area contributed by atoms with Crippen molar-refractivity contribution >= 4 is 16.1 Å². The summed E-state index contributed by atoms with van der Waals surface area (Å²) >= 11 is 0. The molecule has 0 amide bonds. The van der Waals surface area contributed by atoms with Gasteiger partial charge in [0.25, 0.3) is 0 Å². The van der Waals surface area contributed by atoms with Crippen LogP contribution in [-0.2, 0) is 26.2 Å². The topological polar surface area (TPSA) is 83.5 Å². The number of aryl methyl sites for hydroxylation is 1. The molecule has 2 aromatic carbocycles. The van der Waals surface area contributed by atoms with Gasteiger partial charge in [-0.3, -0.25) is 4.79 Å². The Kier molecular flexibility index (Phi) is 9.87. The molecular weight excluding hydrogens is 414 g/mol. The zero-order chi connectivity index (χ0) is 23.7. The summed E-state index contributed by atoms with van der Waals surface area (Å²) in [6.07, 6.45) is 0.800. The highest BCUT2D eigenvalue weighted by molar-refractivity contribution is 7.85. The zero-order valence-electron chi connectivity index (χ0n) is 19.4. The molecule has 6 nitrogen and oxygen atoms in total. The Balaban J connectivity index is 0.000000367. The van der Waals surface area contributed by atoms with Crippen LogP contribution in [0.5, 0.6) is 0 Å². The maximum absolute atomic E-state index is 11.9. The van der Waals surface area contributed by atoms with Crippen molar-refractivity contribution in [3.63, 3.8) is 0 Å². The molecular formula is C24H35NO5S. The second-order valence-corrected chi connectivity index (χ2v) is 10.3. The first kappa shape index (κ1) is 26.8. The van der Waals surface area contributed by atoms with Gasteiger partial charge in [0, 0.05) is 5.56 Å². The molecule has 2 aromatic rings. The number of benzene rings is 2. The zero-order valence-corrected chi connectivity index (χ0v) is 20.2. The molecule has 31 heavy (non-hydrogen) atoms. The summed E-state index contributed by atoms with van der Waals surface area (Å²) < 4.78 is 37.4. The summed E-state index contributed by atoms with van der Waals surface area (Å²) in [5.41, 5.74) is 1.85. The van der Waals surface area contributed by atoms with Gasteiger partial charge in [0.1, 0.15) is 29.8 Å². The maximum Gasteiger partial charge on any atom is 0.311 e. The fourth-order valence-electron chi connectivity index (χ4n) is 2.59. The van der Waals surface area contributed by atoms with Gasteiger partial charge in [0.05, 0.1) is 24.4 Å². The first-order chi connectivity index (χ1) is 14.3. The number of ether oxygens (including phenoxy) is 1. The summed E-state index contributed by atoms with van der Waals surface area (Å²) in [7, 11) is 0.0475. The van der Waals surface area contributed by atoms with Crippen LogP contribution in [0.25, 0.3) is 0 Å². The number of likely N-dealkylation sites (N-methyl/N-ethyl adjacent to an activating group) is 1. The van der Waals surface area contributed by atoms with Gasteiger partial charge in [-0.05, 0) is 39.3 Å². The lowest BCUT2D eigenvalue weighted by Crippen LogP contribution is -2.42. The van der Waals surface area contributed by atoms with Crippen LogP contribution < -0.4 is 0 Å². The average molecular weight is 450 g/mol. The largest absolute Gasteiger partial charge is 0.744 e. The van der Waals surface area contributed by atoms with Crippen molar-refractivity contribution in [1.82, 2.24) is 0 Å². The van der Waals surface area contributed by atoms with Crippen LogP contribution in [0, 0.1) is 12.3 Å². The number of hydrogen-bond donors (Lipinski definition) is 0. The maximum atomic E-state index is 11.9. The van der Waals surface area contributed by atoms with Crippen molar-refractivity contribution in [3.8, 4) is 0 Å². The predicted molar refractivity (Wildman–Crippen MR) is 121 cm³/mol. The fraction of sp³-hybridized carbons (Fsp3) is 0.458. The molecule has 0 atom stereocenters. The number of carbonyl (C=O) groups is 1. The van der Waals surface area contributed by atoms with Gasteiger partial charge < -0.3 is 13.8 Å². The van der Waals surface area contributed by atoms with Crippen LogP contribution in [0.2, 0.25) is 0 Å². The van der Waals surface area contributed by atoms with E-state index in [-0.39, 0.29) is 16.3 Å². The Morgan fingerprint density at radius 2 is 1.58 bits per heavy atom. The second-order valence-electron chi connectivity index (χ2n) is 8.94. The number of nitrogens with zero attached hydrogens (tertiary/aromatic N) is 1. The minimum atomic E-state index is -4.27. The quantitative estimate of drug-likeness (QED) is 0.344. The van der Waals surface area contributed by atoms with E-state index in [0.29, 0.717) is 6.61 Å². The van der Waals surface area contributed by atoms with E-state index in [0.717, 1.165) is 29.6 Å². The third-order valence-electron chi connectivity index (χ3n) is 5.13. The van der Waals surface area contributed by atoms with Gasteiger partial charge in [0.2, 0.25) is 0 Å². The second kappa shape index (κ2) is 11.4. The highest BCUT2D eigenvalue weighted by atomic mass is 32.2. The van der Waals surface area contributed by atoms with Gasteiger partial charge in [-0.15, -0.1) is 0 Å². The fourth-order valence-corrected chi connectivity index (χ4v) is 3.06. The van der Waals surface area contributed by atoms with E-state index in [1.807, 2.05) is 33.8 Å². The SMILES string of the molecule is CCC(C)(C)C(=O)OCC[N+](C)(C)Cc1ccccc1.Cc1ccc(S(=O)(=O)[O-])cc1. The third kappa shape index (κ3) is 10.1. The summed E-state index contributed by atoms with van der Waals surface area (Å²) in [6, 6.07) is 16.2. The summed E-state index contributed by atoms with van der Waals surface area (Å²) in [5.74, 6) is -0.0975. The Labute approximate surface area is 187 Å². The summed E-state index contributed by atoms with van der Waals surface area (Å²) in [5, 5.41) is 0. The molecule has 2 rings (SSSR count). The Morgan fingerprint density at radius 1 is 1.03 bits per heavy atom. The van der Waals surface area contributed by atoms with Crippen molar-refractivity contribution in [2.75, 3.05) is 27.2 Å². The molecule has 0 aromatic heterocycles. The average Bonchev–Trinajstić information content (AvgIpc) is 2.68. The van der Waals surface area contributed by atoms with Crippen molar-refractivity contribution in [3.05, 3.63) is 65.7 Å². The number of quaternary nitrogens is 1. The van der Waals surface area contributed by atoms with Crippen LogP contribution >= 0.6 is 0 Å². The van der Waals surface area contributed by atoms with Crippen LogP contribution in [-0.4, -0.2) is 50.7 Å². The molecule has 0 spiro atoms. The smallest absolute Gasteiger partial charge is 0.311 e. The Morgan fingerprint density at radius 3 is 2.06 bits per heavy atom. The van der Waals surface area contributed by atoms with Gasteiger partial charge in [-0.1, -0.05) is 55.0 Å². The molecule has 0 radical (unpaired) electrons. The number of esters is 1. The minimum Gasteiger partial charge on any atom is -0.744 e. The first-order valence-corrected chi connectivity index (χ1v) is 11.7. The van der Waals surface area contributed by atoms with Crippen molar-refractivity contribution in [1.29, 1.82) is 0 Å². The first-order valence-electron chi connectivity index (χ1n) is 10.3. The van der Waals surface area contributed by atoms with Crippen LogP contribution in [0.1, 0.15) is 38.3 Å². The molecule has 7 heteroatoms. The normalized spacial score (nSPS) is 12.0. The number of hydrogen-bond acceptors (Lipinski definition) is 5. The monoisotopic (exact) mass is 449 g/mol. The number of carbonyl (C=O) groups excluding carboxylic acids is 1. The highest BCUT2D eigenvalue weighted by Crippen LogP contribution is 2.21. The lowest BCUT2D eigenvalue weighted by molar-refractivity contribution is -0.903. The molecule has 172 valence electrons. The van der Waals surface area contributed by atoms with Gasteiger partial charge in [-0.2, -0.15) is 0 Å². The minimum absolute atomic E-state index is 0.0975. The van der Waals surface area contributed by atoms with Gasteiger partial charge in [-0.25, -0.2) is 8.42 Å². The van der Waals surface area contributed by atoms with Crippen molar-refractivity contribution < 1.29 is 27.0 Å². The molecule has 0 saturated carbocycles. The number of rotatable bonds is 8. The summed E-state index contributed by atoms with van der Waals surface area (Å²) in [6.45, 7) is 9.93. The van der Waals surface area contributed by atoms with E-state index in [2.05, 4.69) is 38.4 Å². The van der Waals surface area contributed by atoms with Gasteiger partial charge in [0.15, 0.2) is 0 Å². The third-order valence-corrected chi connectivity index (χ3v) is 5.98. The van der Waals surface area contributed by atoms with E-state index in [1.54, 1.807) is 12.1 Å². The van der Waals surface area contributed by atoms with E-state index in [4.69, 9.17) is 4.74 Å². The van der Waals surface area contributed by atoms with E-state index >= 15 is 0 Å². The molecule has 0 aliphatic heterocycles. The van der Waals surface area contributed by atoms with Crippen LogP contribution in [0.4, 0.5) is 0 Å². The van der Waals surface area contributed by atoms with Crippen molar-refractivity contribution in [2.24, 2.45) is 5.41 Å². The molecule has 0 fully saturated rings. The van der Waals surface area contributed by atoms with E-state index in [1.165, 1.54) is 17.7 Å². The molecule has 0 aliphatic rings. The molecule has 0 unspecified atom stereocenters. The summed E-state index contributed by atoms with van der Waals surface area (Å²) in [4.78, 5) is 11.7. The Bertz CT molecular complexity index is 920. The standard InChI is InChI=1S/C17H28NO2.C7H8O3S/c1-6-17(2,3)16(19)20-13-12-18(4,5)14-15-10-8-7-9-11-15;1-6-2-4-7(5-3-6)11(8,9)10/h7-11H,6,12-14H2,1-5H3;2-5H,1H3,(H,8,9,10)/q+1;/p-1. The molecule has 0 saturated heterocycles. The highest BCUT2D eigenvalue weighted by Gasteiger charge is 2.27. The Hall–Kier alpha value is -2.22. The van der Waals surface area contributed by atoms with Crippen molar-refractivity contribution in [2.45, 2.75) is 45.6 Å². The molecule has 0 bridgehead atoms. The molecule has 0 aliphatic carbocycles. The lowest BCUT2D eigenvalue weighted by atomic mass is 9.91.